The lowest BCUT2D eigenvalue weighted by Gasteiger charge is -2.05. The lowest BCUT2D eigenvalue weighted by molar-refractivity contribution is 0.0989. The van der Waals surface area contributed by atoms with Crippen molar-refractivity contribution in [3.63, 3.8) is 0 Å². The summed E-state index contributed by atoms with van der Waals surface area (Å²) in [7, 11) is 1.60. The number of rotatable bonds is 4. The van der Waals surface area contributed by atoms with Gasteiger partial charge in [0.05, 0.1) is 12.1 Å². The van der Waals surface area contributed by atoms with E-state index in [1.165, 1.54) is 6.07 Å². The molecule has 0 unspecified atom stereocenters. The molecule has 0 aliphatic carbocycles. The molecule has 82 valence electrons. The number of likely N-dealkylation sites (N-methyl/N-ethyl adjacent to an activating group) is 1. The summed E-state index contributed by atoms with van der Waals surface area (Å²) in [5.41, 5.74) is 0.304. The third-order valence-electron chi connectivity index (χ3n) is 2.15. The topological polar surface area (TPSA) is 29.1 Å². The van der Waals surface area contributed by atoms with Crippen molar-refractivity contribution in [2.24, 2.45) is 0 Å². The molecule has 2 nitrogen and oxygen atoms in total. The van der Waals surface area contributed by atoms with Crippen LogP contribution in [-0.2, 0) is 6.42 Å². The van der Waals surface area contributed by atoms with Crippen LogP contribution < -0.4 is 5.32 Å². The highest BCUT2D eigenvalue weighted by molar-refractivity contribution is 5.98. The van der Waals surface area contributed by atoms with Crippen molar-refractivity contribution >= 4 is 5.78 Å². The van der Waals surface area contributed by atoms with Gasteiger partial charge in [-0.3, -0.25) is 4.79 Å². The summed E-state index contributed by atoms with van der Waals surface area (Å²) in [4.78, 5) is 11.4. The Balaban J connectivity index is 3.12. The fourth-order valence-corrected chi connectivity index (χ4v) is 1.33. The highest BCUT2D eigenvalue weighted by atomic mass is 19.1. The molecule has 0 saturated carbocycles. The molecule has 0 bridgehead atoms. The summed E-state index contributed by atoms with van der Waals surface area (Å²) in [5, 5.41) is 2.64. The van der Waals surface area contributed by atoms with Crippen LogP contribution in [0.15, 0.2) is 12.1 Å². The number of nitrogens with one attached hydrogen (secondary N) is 1. The standard InChI is InChI=1S/C11H13F2NO/c1-3-7-4-8(11(15)6-14-2)10(13)5-9(7)12/h4-5,14H,3,6H2,1-2H3. The zero-order valence-corrected chi connectivity index (χ0v) is 8.73. The van der Waals surface area contributed by atoms with Crippen LogP contribution in [0.1, 0.15) is 22.8 Å². The Hall–Kier alpha value is -1.29. The van der Waals surface area contributed by atoms with Crippen LogP contribution in [0.3, 0.4) is 0 Å². The Morgan fingerprint density at radius 2 is 2.00 bits per heavy atom. The third-order valence-corrected chi connectivity index (χ3v) is 2.15. The number of hydrogen-bond donors (Lipinski definition) is 1. The molecular weight excluding hydrogens is 200 g/mol. The number of carbonyl (C=O) groups is 1. The molecule has 0 atom stereocenters. The fraction of sp³-hybridized carbons (Fsp3) is 0.364. The number of aryl methyl sites for hydroxylation is 1. The molecule has 15 heavy (non-hydrogen) atoms. The van der Waals surface area contributed by atoms with E-state index in [-0.39, 0.29) is 17.9 Å². The second-order valence-corrected chi connectivity index (χ2v) is 3.23. The molecule has 0 heterocycles. The normalized spacial score (nSPS) is 10.4. The van der Waals surface area contributed by atoms with Gasteiger partial charge in [-0.15, -0.1) is 0 Å². The average molecular weight is 213 g/mol. The molecule has 0 aliphatic rings. The van der Waals surface area contributed by atoms with Gasteiger partial charge in [-0.1, -0.05) is 6.92 Å². The minimum absolute atomic E-state index is 0.0473. The summed E-state index contributed by atoms with van der Waals surface area (Å²) in [6, 6.07) is 2.05. The van der Waals surface area contributed by atoms with Crippen LogP contribution in [-0.4, -0.2) is 19.4 Å². The van der Waals surface area contributed by atoms with Crippen LogP contribution in [0, 0.1) is 11.6 Å². The number of halogens is 2. The zero-order chi connectivity index (χ0) is 11.4. The maximum Gasteiger partial charge on any atom is 0.179 e. The Morgan fingerprint density at radius 3 is 2.53 bits per heavy atom. The average Bonchev–Trinajstić information content (AvgIpc) is 2.18. The van der Waals surface area contributed by atoms with Gasteiger partial charge in [0.15, 0.2) is 5.78 Å². The highest BCUT2D eigenvalue weighted by Crippen LogP contribution is 2.15. The number of Topliss-reactive ketones (excluding diaryl/α,β-unsaturated/α-hetero) is 1. The second kappa shape index (κ2) is 4.98. The Morgan fingerprint density at radius 1 is 1.33 bits per heavy atom. The van der Waals surface area contributed by atoms with Gasteiger partial charge >= 0.3 is 0 Å². The van der Waals surface area contributed by atoms with Crippen LogP contribution in [0.4, 0.5) is 8.78 Å². The largest absolute Gasteiger partial charge is 0.313 e. The first-order chi connectivity index (χ1) is 7.10. The first-order valence-corrected chi connectivity index (χ1v) is 4.75. The van der Waals surface area contributed by atoms with Crippen molar-refractivity contribution in [2.45, 2.75) is 13.3 Å². The van der Waals surface area contributed by atoms with E-state index in [4.69, 9.17) is 0 Å². The molecule has 0 spiro atoms. The van der Waals surface area contributed by atoms with Gasteiger partial charge in [-0.2, -0.15) is 0 Å². The molecule has 0 aromatic heterocycles. The van der Waals surface area contributed by atoms with Gasteiger partial charge in [-0.05, 0) is 25.1 Å². The van der Waals surface area contributed by atoms with Crippen LogP contribution in [0.5, 0.6) is 0 Å². The van der Waals surface area contributed by atoms with E-state index < -0.39 is 11.6 Å². The number of benzene rings is 1. The van der Waals surface area contributed by atoms with Crippen molar-refractivity contribution in [1.29, 1.82) is 0 Å². The SMILES string of the molecule is CCc1cc(C(=O)CNC)c(F)cc1F. The number of carbonyl (C=O) groups excluding carboxylic acids is 1. The van der Waals surface area contributed by atoms with Crippen molar-refractivity contribution in [1.82, 2.24) is 5.32 Å². The van der Waals surface area contributed by atoms with Crippen LogP contribution >= 0.6 is 0 Å². The van der Waals surface area contributed by atoms with E-state index in [0.717, 1.165) is 6.07 Å². The van der Waals surface area contributed by atoms with Crippen LogP contribution in [0.2, 0.25) is 0 Å². The van der Waals surface area contributed by atoms with Crippen molar-refractivity contribution in [2.75, 3.05) is 13.6 Å². The number of hydrogen-bond acceptors (Lipinski definition) is 2. The van der Waals surface area contributed by atoms with E-state index in [0.29, 0.717) is 12.0 Å². The van der Waals surface area contributed by atoms with Gasteiger partial charge in [0.2, 0.25) is 0 Å². The number of ketones is 1. The van der Waals surface area contributed by atoms with Crippen molar-refractivity contribution < 1.29 is 13.6 Å². The molecule has 0 aliphatic heterocycles. The maximum atomic E-state index is 13.3. The van der Waals surface area contributed by atoms with Gasteiger partial charge in [0, 0.05) is 6.07 Å². The molecule has 0 amide bonds. The summed E-state index contributed by atoms with van der Waals surface area (Å²) in [6.45, 7) is 1.80. The van der Waals surface area contributed by atoms with E-state index >= 15 is 0 Å². The smallest absolute Gasteiger partial charge is 0.179 e. The first-order valence-electron chi connectivity index (χ1n) is 4.75. The van der Waals surface area contributed by atoms with Gasteiger partial charge in [-0.25, -0.2) is 8.78 Å². The Kier molecular flexibility index (Phi) is 3.91. The predicted octanol–water partition coefficient (Wildman–Crippen LogP) is 1.93. The molecule has 4 heteroatoms. The van der Waals surface area contributed by atoms with Gasteiger partial charge in [0.1, 0.15) is 11.6 Å². The molecule has 1 N–H and O–H groups in total. The quantitative estimate of drug-likeness (QED) is 0.774. The van der Waals surface area contributed by atoms with Gasteiger partial charge < -0.3 is 5.32 Å². The third kappa shape index (κ3) is 2.59. The minimum Gasteiger partial charge on any atom is -0.313 e. The highest BCUT2D eigenvalue weighted by Gasteiger charge is 2.14. The Labute approximate surface area is 87.3 Å². The molecular formula is C11H13F2NO. The van der Waals surface area contributed by atoms with Crippen LogP contribution in [0.25, 0.3) is 0 Å². The zero-order valence-electron chi connectivity index (χ0n) is 8.73. The predicted molar refractivity (Wildman–Crippen MR) is 54.0 cm³/mol. The second-order valence-electron chi connectivity index (χ2n) is 3.23. The van der Waals surface area contributed by atoms with E-state index in [1.807, 2.05) is 0 Å². The monoisotopic (exact) mass is 213 g/mol. The summed E-state index contributed by atoms with van der Waals surface area (Å²) >= 11 is 0. The summed E-state index contributed by atoms with van der Waals surface area (Å²) in [5.74, 6) is -1.77. The molecule has 1 aromatic carbocycles. The van der Waals surface area contributed by atoms with E-state index in [1.54, 1.807) is 14.0 Å². The summed E-state index contributed by atoms with van der Waals surface area (Å²) in [6.07, 6.45) is 0.436. The van der Waals surface area contributed by atoms with E-state index in [2.05, 4.69) is 5.32 Å². The molecule has 0 fully saturated rings. The fourth-order valence-electron chi connectivity index (χ4n) is 1.33. The van der Waals surface area contributed by atoms with E-state index in [9.17, 15) is 13.6 Å². The minimum atomic E-state index is -0.801. The van der Waals surface area contributed by atoms with Crippen molar-refractivity contribution in [3.05, 3.63) is 34.9 Å². The van der Waals surface area contributed by atoms with Crippen molar-refractivity contribution in [3.8, 4) is 0 Å². The van der Waals surface area contributed by atoms with Gasteiger partial charge in [0.25, 0.3) is 0 Å². The first kappa shape index (κ1) is 11.8. The molecule has 1 aromatic rings. The molecule has 1 rings (SSSR count). The molecule has 0 saturated heterocycles. The lowest BCUT2D eigenvalue weighted by atomic mass is 10.0. The maximum absolute atomic E-state index is 13.3. The summed E-state index contributed by atoms with van der Waals surface area (Å²) < 4.78 is 26.4. The lowest BCUT2D eigenvalue weighted by Crippen LogP contribution is -2.20. The Bertz CT molecular complexity index is 377. The molecule has 0 radical (unpaired) electrons.